The van der Waals surface area contributed by atoms with Gasteiger partial charge in [0, 0.05) is 21.7 Å². The third-order valence-electron chi connectivity index (χ3n) is 4.21. The third kappa shape index (κ3) is 2.96. The van der Waals surface area contributed by atoms with Crippen LogP contribution in [-0.4, -0.2) is 30.0 Å². The van der Waals surface area contributed by atoms with E-state index in [4.69, 9.17) is 14.2 Å². The van der Waals surface area contributed by atoms with Crippen molar-refractivity contribution in [3.63, 3.8) is 0 Å². The summed E-state index contributed by atoms with van der Waals surface area (Å²) in [6.45, 7) is 1.91. The number of fused-ring (bicyclic) bond motifs is 3. The van der Waals surface area contributed by atoms with E-state index in [-0.39, 0.29) is 18.2 Å². The molecule has 0 unspecified atom stereocenters. The van der Waals surface area contributed by atoms with Crippen LogP contribution >= 0.6 is 11.3 Å². The van der Waals surface area contributed by atoms with Crippen molar-refractivity contribution in [1.82, 2.24) is 4.98 Å². The molecule has 0 radical (unpaired) electrons. The van der Waals surface area contributed by atoms with Gasteiger partial charge in [-0.05, 0) is 25.1 Å². The molecule has 0 saturated heterocycles. The smallest absolute Gasteiger partial charge is 0.507 e. The van der Waals surface area contributed by atoms with Crippen LogP contribution in [0.3, 0.4) is 0 Å². The van der Waals surface area contributed by atoms with Crippen molar-refractivity contribution < 1.29 is 24.1 Å². The minimum absolute atomic E-state index is 0.0291. The van der Waals surface area contributed by atoms with Gasteiger partial charge in [-0.25, -0.2) is 4.79 Å². The molecule has 4 rings (SSSR count). The van der Waals surface area contributed by atoms with E-state index in [0.29, 0.717) is 16.9 Å². The molecule has 7 heteroatoms. The lowest BCUT2D eigenvalue weighted by molar-refractivity contribution is 0.103. The zero-order chi connectivity index (χ0) is 19.0. The number of carbonyl (C=O) groups excluding carboxylic acids is 1. The lowest BCUT2D eigenvalue weighted by Crippen LogP contribution is -2.10. The number of H-pyrrole nitrogens is 1. The van der Waals surface area contributed by atoms with Crippen molar-refractivity contribution in [2.75, 3.05) is 13.7 Å². The highest BCUT2D eigenvalue weighted by Crippen LogP contribution is 2.47. The zero-order valence-electron chi connectivity index (χ0n) is 14.7. The highest BCUT2D eigenvalue weighted by Gasteiger charge is 2.23. The van der Waals surface area contributed by atoms with E-state index >= 15 is 0 Å². The van der Waals surface area contributed by atoms with Crippen molar-refractivity contribution >= 4 is 37.8 Å². The van der Waals surface area contributed by atoms with E-state index in [0.717, 1.165) is 20.3 Å². The minimum atomic E-state index is -0.801. The summed E-state index contributed by atoms with van der Waals surface area (Å²) in [7, 11) is 1.53. The Balaban J connectivity index is 1.96. The van der Waals surface area contributed by atoms with Gasteiger partial charge in [0.05, 0.1) is 29.5 Å². The zero-order valence-corrected chi connectivity index (χ0v) is 15.6. The van der Waals surface area contributed by atoms with Crippen LogP contribution in [-0.2, 0) is 4.74 Å². The summed E-state index contributed by atoms with van der Waals surface area (Å²) in [4.78, 5) is 15.1. The van der Waals surface area contributed by atoms with Crippen molar-refractivity contribution in [1.29, 1.82) is 0 Å². The Morgan fingerprint density at radius 2 is 2.04 bits per heavy atom. The number of hydrogen-bond donors (Lipinski definition) is 2. The normalized spacial score (nSPS) is 11.0. The molecule has 0 fully saturated rings. The number of ether oxygens (including phenoxy) is 3. The van der Waals surface area contributed by atoms with Crippen molar-refractivity contribution in [2.24, 2.45) is 0 Å². The SMILES string of the molecule is CCOC(=O)Oc1[nH]c2c(sc3ccccc32)c1-c1ccc(OC)cc1O. The van der Waals surface area contributed by atoms with Gasteiger partial charge in [0.1, 0.15) is 11.5 Å². The summed E-state index contributed by atoms with van der Waals surface area (Å²) in [5, 5.41) is 11.5. The molecule has 2 aromatic heterocycles. The fraction of sp³-hybridized carbons (Fsp3) is 0.150. The van der Waals surface area contributed by atoms with Crippen LogP contribution in [0.5, 0.6) is 17.4 Å². The summed E-state index contributed by atoms with van der Waals surface area (Å²) in [5.74, 6) is 0.801. The molecule has 0 amide bonds. The number of nitrogens with one attached hydrogen (secondary N) is 1. The number of thiophene rings is 1. The van der Waals surface area contributed by atoms with Gasteiger partial charge in [-0.3, -0.25) is 0 Å². The lowest BCUT2D eigenvalue weighted by Gasteiger charge is -2.09. The number of hydrogen-bond acceptors (Lipinski definition) is 6. The second-order valence-electron chi connectivity index (χ2n) is 5.80. The number of aromatic amines is 1. The van der Waals surface area contributed by atoms with E-state index in [1.807, 2.05) is 24.3 Å². The first-order valence-electron chi connectivity index (χ1n) is 8.37. The summed E-state index contributed by atoms with van der Waals surface area (Å²) in [5.41, 5.74) is 1.99. The number of aromatic hydroxyl groups is 1. The molecule has 0 aliphatic rings. The van der Waals surface area contributed by atoms with Gasteiger partial charge in [0.2, 0.25) is 5.88 Å². The molecule has 4 aromatic rings. The van der Waals surface area contributed by atoms with Crippen LogP contribution in [0.1, 0.15) is 6.92 Å². The fourth-order valence-corrected chi connectivity index (χ4v) is 4.24. The molecule has 0 spiro atoms. The van der Waals surface area contributed by atoms with E-state index in [2.05, 4.69) is 4.98 Å². The predicted molar refractivity (Wildman–Crippen MR) is 105 cm³/mol. The molecular weight excluding hydrogens is 366 g/mol. The van der Waals surface area contributed by atoms with Crippen LogP contribution in [0.4, 0.5) is 4.79 Å². The maximum atomic E-state index is 11.9. The first kappa shape index (κ1) is 17.2. The molecular formula is C20H17NO5S. The number of aromatic nitrogens is 1. The molecule has 0 atom stereocenters. The molecule has 2 aromatic carbocycles. The maximum absolute atomic E-state index is 11.9. The molecule has 0 aliphatic heterocycles. The minimum Gasteiger partial charge on any atom is -0.507 e. The van der Waals surface area contributed by atoms with Crippen LogP contribution in [0, 0.1) is 0 Å². The van der Waals surface area contributed by atoms with Gasteiger partial charge in [-0.15, -0.1) is 11.3 Å². The average molecular weight is 383 g/mol. The number of benzene rings is 2. The summed E-state index contributed by atoms with van der Waals surface area (Å²) in [6.07, 6.45) is -0.801. The summed E-state index contributed by atoms with van der Waals surface area (Å²) >= 11 is 1.56. The van der Waals surface area contributed by atoms with Gasteiger partial charge in [0.15, 0.2) is 0 Å². The highest BCUT2D eigenvalue weighted by atomic mass is 32.1. The highest BCUT2D eigenvalue weighted by molar-refractivity contribution is 7.26. The largest absolute Gasteiger partial charge is 0.515 e. The van der Waals surface area contributed by atoms with Crippen LogP contribution < -0.4 is 9.47 Å². The van der Waals surface area contributed by atoms with Crippen molar-refractivity contribution in [3.8, 4) is 28.5 Å². The Kier molecular flexibility index (Phi) is 4.37. The van der Waals surface area contributed by atoms with Crippen LogP contribution in [0.25, 0.3) is 31.4 Å². The quantitative estimate of drug-likeness (QED) is 0.468. The van der Waals surface area contributed by atoms with Gasteiger partial charge < -0.3 is 24.3 Å². The van der Waals surface area contributed by atoms with Gasteiger partial charge in [-0.1, -0.05) is 18.2 Å². The lowest BCUT2D eigenvalue weighted by atomic mass is 10.1. The molecule has 27 heavy (non-hydrogen) atoms. The molecule has 2 N–H and O–H groups in total. The maximum Gasteiger partial charge on any atom is 0.515 e. The molecule has 6 nitrogen and oxygen atoms in total. The Morgan fingerprint density at radius 3 is 2.78 bits per heavy atom. The Morgan fingerprint density at radius 1 is 1.22 bits per heavy atom. The monoisotopic (exact) mass is 383 g/mol. The Labute approximate surface area is 158 Å². The molecule has 138 valence electrons. The second-order valence-corrected chi connectivity index (χ2v) is 6.85. The number of phenols is 1. The molecule has 2 heterocycles. The predicted octanol–water partition coefficient (Wildman–Crippen LogP) is 5.30. The second kappa shape index (κ2) is 6.85. The molecule has 0 bridgehead atoms. The van der Waals surface area contributed by atoms with Gasteiger partial charge in [0.25, 0.3) is 0 Å². The van der Waals surface area contributed by atoms with E-state index in [9.17, 15) is 9.90 Å². The van der Waals surface area contributed by atoms with Crippen LogP contribution in [0.15, 0.2) is 42.5 Å². The number of methoxy groups -OCH3 is 1. The third-order valence-corrected chi connectivity index (χ3v) is 5.40. The van der Waals surface area contributed by atoms with Crippen molar-refractivity contribution in [2.45, 2.75) is 6.92 Å². The molecule has 0 saturated carbocycles. The number of rotatable bonds is 4. The van der Waals surface area contributed by atoms with Crippen LogP contribution in [0.2, 0.25) is 0 Å². The van der Waals surface area contributed by atoms with Crippen molar-refractivity contribution in [3.05, 3.63) is 42.5 Å². The Hall–Kier alpha value is -3.19. The van der Waals surface area contributed by atoms with Gasteiger partial charge in [-0.2, -0.15) is 0 Å². The summed E-state index contributed by atoms with van der Waals surface area (Å²) < 4.78 is 17.4. The van der Waals surface area contributed by atoms with E-state index < -0.39 is 6.16 Å². The van der Waals surface area contributed by atoms with Gasteiger partial charge >= 0.3 is 6.16 Å². The van der Waals surface area contributed by atoms with E-state index in [1.165, 1.54) is 13.2 Å². The Bertz CT molecular complexity index is 1140. The fourth-order valence-electron chi connectivity index (χ4n) is 3.03. The standard InChI is InChI=1S/C20H17NO5S/c1-3-25-20(23)26-19-16(12-9-8-11(24-2)10-14(12)22)18-17(21-19)13-6-4-5-7-15(13)27-18/h4-10,21-22H,3H2,1-2H3. The number of carbonyl (C=O) groups is 1. The first-order valence-corrected chi connectivity index (χ1v) is 9.19. The average Bonchev–Trinajstić information content (AvgIpc) is 3.17. The summed E-state index contributed by atoms with van der Waals surface area (Å²) in [6, 6.07) is 12.9. The topological polar surface area (TPSA) is 80.8 Å². The first-order chi connectivity index (χ1) is 13.1. The van der Waals surface area contributed by atoms with E-state index in [1.54, 1.807) is 30.4 Å². The molecule has 0 aliphatic carbocycles. The number of phenolic OH excluding ortho intramolecular Hbond substituents is 1.